The highest BCUT2D eigenvalue weighted by Crippen LogP contribution is 2.24. The normalized spacial score (nSPS) is 18.4. The van der Waals surface area contributed by atoms with Crippen molar-refractivity contribution in [3.8, 4) is 0 Å². The molecule has 0 saturated carbocycles. The van der Waals surface area contributed by atoms with Gasteiger partial charge in [-0.15, -0.1) is 0 Å². The Kier molecular flexibility index (Phi) is 11.1. The van der Waals surface area contributed by atoms with E-state index in [0.717, 1.165) is 32.4 Å². The Morgan fingerprint density at radius 1 is 1.09 bits per heavy atom. The molecule has 1 aliphatic heterocycles. The standard InChI is InChI=1S/C25H41N3O4/c1-4-6-11-20(3)26-23(29)22(10-5-2)24(30)27-25(31,21-12-8-7-9-13-21)14-15-28-16-18-32-19-17-28/h7-9,12-13,20,22,31H,4-6,10-11,14-19H2,1-3H3,(H,26,29)(H,27,30)/t20?,22-,25-/m0/s1. The van der Waals surface area contributed by atoms with Gasteiger partial charge in [0.05, 0.1) is 13.2 Å². The molecular weight excluding hydrogens is 406 g/mol. The molecule has 1 aromatic rings. The molecule has 7 nitrogen and oxygen atoms in total. The number of morpholine rings is 1. The van der Waals surface area contributed by atoms with Gasteiger partial charge >= 0.3 is 0 Å². The number of carbonyl (C=O) groups excluding carboxylic acids is 2. The van der Waals surface area contributed by atoms with Gasteiger partial charge in [-0.3, -0.25) is 14.5 Å². The van der Waals surface area contributed by atoms with Gasteiger partial charge in [0, 0.05) is 37.7 Å². The third-order valence-corrected chi connectivity index (χ3v) is 6.06. The van der Waals surface area contributed by atoms with E-state index in [2.05, 4.69) is 22.5 Å². The molecule has 0 aliphatic carbocycles. The van der Waals surface area contributed by atoms with E-state index >= 15 is 0 Å². The number of amides is 2. The molecule has 2 rings (SSSR count). The number of ether oxygens (including phenoxy) is 1. The van der Waals surface area contributed by atoms with Crippen LogP contribution in [0.1, 0.15) is 64.9 Å². The number of rotatable bonds is 13. The fourth-order valence-corrected chi connectivity index (χ4v) is 4.02. The van der Waals surface area contributed by atoms with Crippen LogP contribution >= 0.6 is 0 Å². The maximum Gasteiger partial charge on any atom is 0.235 e. The zero-order valence-electron chi connectivity index (χ0n) is 19.9. The smallest absolute Gasteiger partial charge is 0.235 e. The van der Waals surface area contributed by atoms with Crippen molar-refractivity contribution in [1.29, 1.82) is 0 Å². The fraction of sp³-hybridized carbons (Fsp3) is 0.680. The van der Waals surface area contributed by atoms with Crippen molar-refractivity contribution in [2.75, 3.05) is 32.8 Å². The van der Waals surface area contributed by atoms with Crippen molar-refractivity contribution in [2.45, 2.75) is 71.1 Å². The summed E-state index contributed by atoms with van der Waals surface area (Å²) in [4.78, 5) is 28.4. The molecule has 1 fully saturated rings. The van der Waals surface area contributed by atoms with Gasteiger partial charge in [0.2, 0.25) is 11.8 Å². The molecule has 1 heterocycles. The Morgan fingerprint density at radius 3 is 2.41 bits per heavy atom. The summed E-state index contributed by atoms with van der Waals surface area (Å²) < 4.78 is 5.40. The minimum Gasteiger partial charge on any atom is -0.379 e. The zero-order chi connectivity index (χ0) is 23.4. The molecular formula is C25H41N3O4. The van der Waals surface area contributed by atoms with E-state index in [1.165, 1.54) is 0 Å². The van der Waals surface area contributed by atoms with Gasteiger partial charge in [0.1, 0.15) is 5.92 Å². The summed E-state index contributed by atoms with van der Waals surface area (Å²) in [5, 5.41) is 17.4. The Hall–Kier alpha value is -1.96. The lowest BCUT2D eigenvalue weighted by molar-refractivity contribution is -0.141. The predicted octanol–water partition coefficient (Wildman–Crippen LogP) is 2.78. The Balaban J connectivity index is 2.12. The summed E-state index contributed by atoms with van der Waals surface area (Å²) in [6.45, 7) is 9.60. The van der Waals surface area contributed by atoms with Crippen molar-refractivity contribution >= 4 is 11.8 Å². The van der Waals surface area contributed by atoms with Crippen LogP contribution in [-0.2, 0) is 20.1 Å². The predicted molar refractivity (Wildman–Crippen MR) is 126 cm³/mol. The number of benzene rings is 1. The van der Waals surface area contributed by atoms with E-state index in [-0.39, 0.29) is 11.9 Å². The van der Waals surface area contributed by atoms with Gasteiger partial charge in [0.25, 0.3) is 0 Å². The summed E-state index contributed by atoms with van der Waals surface area (Å²) in [6.07, 6.45) is 4.44. The van der Waals surface area contributed by atoms with Crippen LogP contribution in [0.2, 0.25) is 0 Å². The highest BCUT2D eigenvalue weighted by atomic mass is 16.5. The summed E-state index contributed by atoms with van der Waals surface area (Å²) in [5.74, 6) is -1.53. The first-order chi connectivity index (χ1) is 15.4. The van der Waals surface area contributed by atoms with E-state index in [0.29, 0.717) is 44.6 Å². The second kappa shape index (κ2) is 13.6. The molecule has 2 amide bonds. The number of hydrogen-bond donors (Lipinski definition) is 3. The van der Waals surface area contributed by atoms with Crippen molar-refractivity contribution in [3.05, 3.63) is 35.9 Å². The largest absolute Gasteiger partial charge is 0.379 e. The molecule has 3 N–H and O–H groups in total. The van der Waals surface area contributed by atoms with Crippen LogP contribution in [0.3, 0.4) is 0 Å². The molecule has 1 saturated heterocycles. The number of hydrogen-bond acceptors (Lipinski definition) is 5. The molecule has 0 radical (unpaired) electrons. The average molecular weight is 448 g/mol. The molecule has 0 bridgehead atoms. The Bertz CT molecular complexity index is 694. The summed E-state index contributed by atoms with van der Waals surface area (Å²) in [5.41, 5.74) is -0.926. The van der Waals surface area contributed by atoms with Crippen LogP contribution in [-0.4, -0.2) is 60.7 Å². The lowest BCUT2D eigenvalue weighted by atomic mass is 9.95. The second-order valence-electron chi connectivity index (χ2n) is 8.81. The third-order valence-electron chi connectivity index (χ3n) is 6.06. The number of carbonyl (C=O) groups is 2. The van der Waals surface area contributed by atoms with E-state index < -0.39 is 17.6 Å². The molecule has 7 heteroatoms. The zero-order valence-corrected chi connectivity index (χ0v) is 19.9. The van der Waals surface area contributed by atoms with Gasteiger partial charge in [0.15, 0.2) is 5.72 Å². The Morgan fingerprint density at radius 2 is 1.78 bits per heavy atom. The fourth-order valence-electron chi connectivity index (χ4n) is 4.02. The molecule has 0 aromatic heterocycles. The van der Waals surface area contributed by atoms with Crippen LogP contribution in [0.5, 0.6) is 0 Å². The van der Waals surface area contributed by atoms with Crippen LogP contribution in [0.25, 0.3) is 0 Å². The van der Waals surface area contributed by atoms with Crippen molar-refractivity contribution in [2.24, 2.45) is 5.92 Å². The molecule has 3 atom stereocenters. The Labute approximate surface area is 192 Å². The second-order valence-corrected chi connectivity index (χ2v) is 8.81. The van der Waals surface area contributed by atoms with Gasteiger partial charge in [-0.05, 0) is 19.8 Å². The molecule has 32 heavy (non-hydrogen) atoms. The van der Waals surface area contributed by atoms with E-state index in [4.69, 9.17) is 4.74 Å². The quantitative estimate of drug-likeness (QED) is 0.320. The first kappa shape index (κ1) is 26.3. The first-order valence-corrected chi connectivity index (χ1v) is 12.1. The number of nitrogens with one attached hydrogen (secondary N) is 2. The maximum atomic E-state index is 13.2. The van der Waals surface area contributed by atoms with Crippen molar-refractivity contribution in [3.63, 3.8) is 0 Å². The molecule has 1 unspecified atom stereocenters. The highest BCUT2D eigenvalue weighted by Gasteiger charge is 2.36. The number of unbranched alkanes of at least 4 members (excludes halogenated alkanes) is 1. The molecule has 1 aromatic carbocycles. The maximum absolute atomic E-state index is 13.2. The highest BCUT2D eigenvalue weighted by molar-refractivity contribution is 6.00. The minimum atomic E-state index is -1.54. The number of nitrogens with zero attached hydrogens (tertiary/aromatic N) is 1. The minimum absolute atomic E-state index is 0.0175. The van der Waals surface area contributed by atoms with E-state index in [9.17, 15) is 14.7 Å². The SMILES string of the molecule is CCCCC(C)NC(=O)[C@H](CCC)C(=O)N[C@](O)(CCN1CCOCC1)c1ccccc1. The van der Waals surface area contributed by atoms with Gasteiger partial charge < -0.3 is 20.5 Å². The third kappa shape index (κ3) is 8.19. The van der Waals surface area contributed by atoms with Crippen LogP contribution < -0.4 is 10.6 Å². The van der Waals surface area contributed by atoms with Crippen molar-refractivity contribution < 1.29 is 19.4 Å². The summed E-state index contributed by atoms with van der Waals surface area (Å²) in [6, 6.07) is 9.19. The first-order valence-electron chi connectivity index (χ1n) is 12.1. The summed E-state index contributed by atoms with van der Waals surface area (Å²) in [7, 11) is 0. The average Bonchev–Trinajstić information content (AvgIpc) is 2.81. The van der Waals surface area contributed by atoms with Crippen molar-refractivity contribution in [1.82, 2.24) is 15.5 Å². The molecule has 0 spiro atoms. The van der Waals surface area contributed by atoms with E-state index in [1.54, 1.807) is 12.1 Å². The van der Waals surface area contributed by atoms with Crippen LogP contribution in [0.15, 0.2) is 30.3 Å². The lowest BCUT2D eigenvalue weighted by Gasteiger charge is -2.34. The van der Waals surface area contributed by atoms with Gasteiger partial charge in [-0.25, -0.2) is 0 Å². The van der Waals surface area contributed by atoms with Crippen LogP contribution in [0, 0.1) is 5.92 Å². The van der Waals surface area contributed by atoms with Crippen LogP contribution in [0.4, 0.5) is 0 Å². The van der Waals surface area contributed by atoms with Gasteiger partial charge in [-0.1, -0.05) is 63.4 Å². The van der Waals surface area contributed by atoms with Gasteiger partial charge in [-0.2, -0.15) is 0 Å². The topological polar surface area (TPSA) is 90.9 Å². The van der Waals surface area contributed by atoms with E-state index in [1.807, 2.05) is 32.0 Å². The molecule has 1 aliphatic rings. The number of aliphatic hydroxyl groups is 1. The lowest BCUT2D eigenvalue weighted by Crippen LogP contribution is -2.53. The summed E-state index contributed by atoms with van der Waals surface area (Å²) >= 11 is 0. The molecule has 180 valence electrons. The monoisotopic (exact) mass is 447 g/mol.